The fourth-order valence-corrected chi connectivity index (χ4v) is 11.8. The number of carbonyl (C=O) groups excluding carboxylic acids is 4. The molecule has 1 aliphatic heterocycles. The minimum Gasteiger partial charge on any atom is -0.481 e. The molecule has 0 aliphatic carbocycles. The van der Waals surface area contributed by atoms with E-state index in [1.165, 1.54) is 67.9 Å². The summed E-state index contributed by atoms with van der Waals surface area (Å²) < 4.78 is 71.1. The highest BCUT2D eigenvalue weighted by Crippen LogP contribution is 2.28. The van der Waals surface area contributed by atoms with Crippen LogP contribution in [-0.2, 0) is 126 Å². The van der Waals surface area contributed by atoms with E-state index in [4.69, 9.17) is 52.8 Å². The van der Waals surface area contributed by atoms with Gasteiger partial charge in [-0.25, -0.2) is 29.0 Å². The lowest BCUT2D eigenvalue weighted by Crippen LogP contribution is -2.44. The number of nitrogens with zero attached hydrogens (tertiary/aromatic N) is 18. The number of carbonyl (C=O) groups is 6. The molecule has 9 atom stereocenters. The molecular weight excluding hydrogens is 1560 g/mol. The van der Waals surface area contributed by atoms with E-state index >= 15 is 0 Å². The van der Waals surface area contributed by atoms with Crippen LogP contribution >= 0.6 is 0 Å². The van der Waals surface area contributed by atoms with Crippen molar-refractivity contribution in [3.8, 4) is 34.6 Å². The molecule has 118 heavy (non-hydrogen) atoms. The first-order valence-electron chi connectivity index (χ1n) is 36.4. The molecule has 0 amide bonds. The van der Waals surface area contributed by atoms with Crippen LogP contribution in [0.2, 0.25) is 0 Å². The van der Waals surface area contributed by atoms with Crippen molar-refractivity contribution in [2.75, 3.05) is 75.4 Å². The highest BCUT2D eigenvalue weighted by molar-refractivity contribution is 5.93. The second-order valence-corrected chi connectivity index (χ2v) is 27.8. The van der Waals surface area contributed by atoms with Crippen LogP contribution in [0.3, 0.4) is 0 Å². The van der Waals surface area contributed by atoms with Gasteiger partial charge in [-0.15, -0.1) is 15.3 Å². The fraction of sp³-hybridized carbons (Fsp3) is 0.548. The zero-order chi connectivity index (χ0) is 87.2. The average Bonchev–Trinajstić information content (AvgIpc) is 1.32. The molecule has 0 spiro atoms. The molecule has 0 unspecified atom stereocenters. The predicted octanol–water partition coefficient (Wildman–Crippen LogP) is 0.164. The van der Waals surface area contributed by atoms with Crippen molar-refractivity contribution in [3.63, 3.8) is 0 Å². The number of aliphatic hydroxyl groups excluding tert-OH is 4. The topological polar surface area (TPSA) is 570 Å². The standard InChI is InChI=1S/C25H34N6O9.C22H32N6O6.C20H24N6O8.C6H8O4/c1-14-7-17-18(8-15(14)2)31(25(35)23(26-17)24-27-28-29-30(24)4)10-19(39-12-36-5)16(3)20(40-13-37-6)11-38-22(34)9-21(32)33;1-13-7-16-17(8-14(13)2)28(22(30)20(23-16)21-24-25-26-27(21)4)9-18(33-11-31-5)15(3)19(10-29)34-12-32-6;1-9-4-11-12(5-10(9)2)26(20(33)17(21-11)19-22-23-24-25(19)3)7-13(27)18(32)14(28)8-34-16(31)6-15(29)30;1-6(2)9-4(7)3-5(8)10-6/h7-8,16,19-20H,9-13H2,1-6H3,(H,32,33);7-8,15,18-19,29H,9-12H2,1-6H3;4-5,13-14,18,27-28,32H,6-8H2,1-3H3,(H,29,30);3H2,1-2H3/t16-,19-,20+;15-,18-,19+;13-,14+,18-;/m000./s1. The van der Waals surface area contributed by atoms with Gasteiger partial charge in [-0.3, -0.25) is 43.2 Å². The number of aliphatic hydroxyl groups is 4. The quantitative estimate of drug-likeness (QED) is 0.0132. The van der Waals surface area contributed by atoms with Crippen LogP contribution in [0.5, 0.6) is 0 Å². The molecule has 642 valence electrons. The number of tetrazole rings is 3. The van der Waals surface area contributed by atoms with E-state index in [1.807, 2.05) is 72.7 Å². The molecule has 6 aromatic heterocycles. The zero-order valence-electron chi connectivity index (χ0n) is 68.2. The van der Waals surface area contributed by atoms with Crippen molar-refractivity contribution in [3.05, 3.63) is 101 Å². The third kappa shape index (κ3) is 24.9. The van der Waals surface area contributed by atoms with E-state index in [9.17, 15) is 63.6 Å². The zero-order valence-corrected chi connectivity index (χ0v) is 68.2. The molecule has 1 aliphatic rings. The number of aliphatic carboxylic acids is 2. The van der Waals surface area contributed by atoms with Crippen molar-refractivity contribution >= 4 is 68.9 Å². The molecule has 0 saturated carbocycles. The summed E-state index contributed by atoms with van der Waals surface area (Å²) in [6, 6.07) is 11.1. The monoisotopic (exact) mass is 1660 g/mol. The van der Waals surface area contributed by atoms with Gasteiger partial charge >= 0.3 is 35.8 Å². The Morgan fingerprint density at radius 3 is 1.09 bits per heavy atom. The molecular formula is C73H98N18O27. The number of carboxylic acid groups (broad SMARTS) is 2. The third-order valence-corrected chi connectivity index (χ3v) is 18.6. The highest BCUT2D eigenvalue weighted by atomic mass is 16.7. The third-order valence-electron chi connectivity index (χ3n) is 18.6. The Hall–Kier alpha value is -11.4. The minimum absolute atomic E-state index is 0.00734. The molecule has 3 aromatic carbocycles. The van der Waals surface area contributed by atoms with Crippen LogP contribution in [0.4, 0.5) is 0 Å². The molecule has 9 aromatic rings. The lowest BCUT2D eigenvalue weighted by molar-refractivity contribution is -0.231. The van der Waals surface area contributed by atoms with Crippen LogP contribution in [0.1, 0.15) is 80.3 Å². The normalized spacial score (nSPS) is 14.9. The van der Waals surface area contributed by atoms with E-state index in [1.54, 1.807) is 42.3 Å². The number of methoxy groups -OCH3 is 4. The summed E-state index contributed by atoms with van der Waals surface area (Å²) in [4.78, 5) is 120. The largest absolute Gasteiger partial charge is 0.481 e. The predicted molar refractivity (Wildman–Crippen MR) is 408 cm³/mol. The fourth-order valence-electron chi connectivity index (χ4n) is 11.8. The van der Waals surface area contributed by atoms with Crippen molar-refractivity contribution in [1.82, 2.24) is 89.3 Å². The summed E-state index contributed by atoms with van der Waals surface area (Å²) in [6.45, 7) is 16.6. The summed E-state index contributed by atoms with van der Waals surface area (Å²) >= 11 is 0. The number of fused-ring (bicyclic) bond motifs is 3. The van der Waals surface area contributed by atoms with Crippen LogP contribution in [0, 0.1) is 53.4 Å². The number of hydrogen-bond acceptors (Lipinski definition) is 37. The number of aromatic nitrogens is 18. The number of aryl methyl sites for hydroxylation is 9. The molecule has 1 fully saturated rings. The van der Waals surface area contributed by atoms with Gasteiger partial charge in [0.1, 0.15) is 78.0 Å². The Labute approximate surface area is 672 Å². The van der Waals surface area contributed by atoms with Gasteiger partial charge in [-0.1, -0.05) is 13.8 Å². The number of esters is 4. The number of ether oxygens (including phenoxy) is 12. The van der Waals surface area contributed by atoms with Gasteiger partial charge < -0.3 is 101 Å². The molecule has 0 bridgehead atoms. The molecule has 45 heteroatoms. The van der Waals surface area contributed by atoms with Crippen molar-refractivity contribution < 1.29 is 116 Å². The van der Waals surface area contributed by atoms with Gasteiger partial charge in [0.15, 0.2) is 17.1 Å². The van der Waals surface area contributed by atoms with Crippen molar-refractivity contribution in [2.45, 2.75) is 157 Å². The van der Waals surface area contributed by atoms with E-state index in [0.717, 1.165) is 33.4 Å². The van der Waals surface area contributed by atoms with Crippen LogP contribution in [-0.4, -0.2) is 280 Å². The van der Waals surface area contributed by atoms with Gasteiger partial charge in [0.05, 0.1) is 83.8 Å². The summed E-state index contributed by atoms with van der Waals surface area (Å²) in [5.41, 5.74) is 7.71. The van der Waals surface area contributed by atoms with Crippen LogP contribution < -0.4 is 16.7 Å². The number of hydrogen-bond donors (Lipinski definition) is 6. The van der Waals surface area contributed by atoms with Gasteiger partial charge in [0, 0.05) is 75.3 Å². The molecule has 45 nitrogen and oxygen atoms in total. The second-order valence-electron chi connectivity index (χ2n) is 27.8. The molecule has 1 saturated heterocycles. The van der Waals surface area contributed by atoms with Gasteiger partial charge in [-0.05, 0) is 143 Å². The second kappa shape index (κ2) is 43.2. The van der Waals surface area contributed by atoms with E-state index in [0.29, 0.717) is 33.1 Å². The molecule has 6 N–H and O–H groups in total. The Balaban J connectivity index is 0.000000231. The number of cyclic esters (lactones) is 2. The van der Waals surface area contributed by atoms with E-state index < -0.39 is 127 Å². The number of carboxylic acids is 2. The molecule has 10 rings (SSSR count). The lowest BCUT2D eigenvalue weighted by Gasteiger charge is -2.31. The Kier molecular flexibility index (Phi) is 34.3. The maximum absolute atomic E-state index is 13.8. The smallest absolute Gasteiger partial charge is 0.320 e. The maximum atomic E-state index is 13.8. The minimum atomic E-state index is -1.82. The van der Waals surface area contributed by atoms with Crippen molar-refractivity contribution in [1.29, 1.82) is 0 Å². The SMILES string of the molecule is CC1(C)OC(=O)CC(=O)O1.COCO[C@@H](Cn1c(=O)c(-c2nnnn2C)nc2cc(C)c(C)cc21)[C@H](C)[C@@H](CO)OCOC.COCO[C@@H](Cn1c(=O)c(-c2nnnn2C)nc2cc(C)c(C)cc21)[C@H](C)[C@@H](COC(=O)CC(=O)O)OCOC.Cc1cc2nc(-c3nnnn3C)c(=O)n(C[C@H](O)[C@H](O)[C@H](O)COC(=O)CC(=O)O)c2cc1C. The van der Waals surface area contributed by atoms with E-state index in [-0.39, 0.29) is 106 Å². The Morgan fingerprint density at radius 1 is 0.466 bits per heavy atom. The first-order chi connectivity index (χ1) is 55.9. The van der Waals surface area contributed by atoms with Gasteiger partial charge in [0.25, 0.3) is 22.5 Å². The van der Waals surface area contributed by atoms with Crippen LogP contribution in [0.25, 0.3) is 67.7 Å². The molecule has 7 heterocycles. The average molecular weight is 1660 g/mol. The first kappa shape index (κ1) is 93.8. The summed E-state index contributed by atoms with van der Waals surface area (Å²) in [6.07, 6.45) is -9.77. The number of rotatable bonds is 36. The highest BCUT2D eigenvalue weighted by Gasteiger charge is 2.36. The summed E-state index contributed by atoms with van der Waals surface area (Å²) in [7, 11) is 10.7. The Bertz CT molecular complexity index is 5160. The maximum Gasteiger partial charge on any atom is 0.320 e. The van der Waals surface area contributed by atoms with E-state index in [2.05, 4.69) is 75.7 Å². The van der Waals surface area contributed by atoms with Crippen molar-refractivity contribution in [2.24, 2.45) is 33.0 Å². The van der Waals surface area contributed by atoms with Gasteiger partial charge in [0.2, 0.25) is 17.5 Å². The first-order valence-corrected chi connectivity index (χ1v) is 36.4. The Morgan fingerprint density at radius 2 is 0.780 bits per heavy atom. The summed E-state index contributed by atoms with van der Waals surface area (Å²) in [5.74, 6) is -7.12. The number of benzene rings is 3. The summed E-state index contributed by atoms with van der Waals surface area (Å²) in [5, 5.41) is 92.3. The van der Waals surface area contributed by atoms with Gasteiger partial charge in [-0.2, -0.15) is 0 Å². The van der Waals surface area contributed by atoms with Crippen LogP contribution in [0.15, 0.2) is 50.8 Å². The molecule has 0 radical (unpaired) electrons. The lowest BCUT2D eigenvalue weighted by atomic mass is 9.97.